The zero-order valence-electron chi connectivity index (χ0n) is 13.5. The Morgan fingerprint density at radius 2 is 1.73 bits per heavy atom. The molecule has 0 aromatic rings. The standard InChI is InChI=1S/C14H26N2O6/c1-14(2,3)22-13(19)4-7-20-9-6-16-12(18)10-21-8-5-15-11-17/h11H,4-10H2,1-3H3,(H,15,17)(H,16,18). The summed E-state index contributed by atoms with van der Waals surface area (Å²) in [4.78, 5) is 32.6. The lowest BCUT2D eigenvalue weighted by molar-refractivity contribution is -0.156. The van der Waals surface area contributed by atoms with Crippen LogP contribution >= 0.6 is 0 Å². The van der Waals surface area contributed by atoms with Crippen LogP contribution in [0.4, 0.5) is 0 Å². The number of amides is 2. The predicted molar refractivity (Wildman–Crippen MR) is 79.2 cm³/mol. The van der Waals surface area contributed by atoms with Gasteiger partial charge in [-0.25, -0.2) is 0 Å². The van der Waals surface area contributed by atoms with Gasteiger partial charge in [0.1, 0.15) is 12.2 Å². The topological polar surface area (TPSA) is 103 Å². The van der Waals surface area contributed by atoms with Crippen molar-refractivity contribution in [1.29, 1.82) is 0 Å². The fraction of sp³-hybridized carbons (Fsp3) is 0.786. The molecule has 0 saturated heterocycles. The number of carbonyl (C=O) groups excluding carboxylic acids is 3. The first kappa shape index (κ1) is 20.3. The Morgan fingerprint density at radius 3 is 2.36 bits per heavy atom. The highest BCUT2D eigenvalue weighted by atomic mass is 16.6. The van der Waals surface area contributed by atoms with Crippen molar-refractivity contribution in [2.75, 3.05) is 39.5 Å². The van der Waals surface area contributed by atoms with Crippen LogP contribution in [-0.4, -0.2) is 63.4 Å². The summed E-state index contributed by atoms with van der Waals surface area (Å²) in [5.74, 6) is -0.573. The molecule has 0 spiro atoms. The Bertz CT molecular complexity index is 341. The maximum Gasteiger partial charge on any atom is 0.308 e. The van der Waals surface area contributed by atoms with E-state index in [4.69, 9.17) is 14.2 Å². The molecule has 0 saturated carbocycles. The molecule has 0 aliphatic heterocycles. The molecule has 0 heterocycles. The Morgan fingerprint density at radius 1 is 1.05 bits per heavy atom. The van der Waals surface area contributed by atoms with Crippen LogP contribution in [0, 0.1) is 0 Å². The van der Waals surface area contributed by atoms with Gasteiger partial charge in [-0.2, -0.15) is 0 Å². The summed E-state index contributed by atoms with van der Waals surface area (Å²) in [5.41, 5.74) is -0.494. The zero-order chi connectivity index (χ0) is 16.8. The van der Waals surface area contributed by atoms with E-state index in [1.807, 2.05) is 0 Å². The van der Waals surface area contributed by atoms with Crippen molar-refractivity contribution in [3.63, 3.8) is 0 Å². The van der Waals surface area contributed by atoms with Crippen LogP contribution in [0.1, 0.15) is 27.2 Å². The number of ether oxygens (including phenoxy) is 3. The maximum absolute atomic E-state index is 11.4. The summed E-state index contributed by atoms with van der Waals surface area (Å²) in [6.45, 7) is 6.87. The van der Waals surface area contributed by atoms with E-state index in [0.717, 1.165) is 0 Å². The quantitative estimate of drug-likeness (QED) is 0.289. The van der Waals surface area contributed by atoms with Gasteiger partial charge in [-0.05, 0) is 20.8 Å². The van der Waals surface area contributed by atoms with Crippen LogP contribution in [-0.2, 0) is 28.6 Å². The predicted octanol–water partition coefficient (Wildman–Crippen LogP) is -0.386. The van der Waals surface area contributed by atoms with E-state index < -0.39 is 5.60 Å². The second-order valence-corrected chi connectivity index (χ2v) is 5.42. The van der Waals surface area contributed by atoms with Gasteiger partial charge in [-0.1, -0.05) is 0 Å². The van der Waals surface area contributed by atoms with Gasteiger partial charge in [0.2, 0.25) is 12.3 Å². The number of carbonyl (C=O) groups is 3. The van der Waals surface area contributed by atoms with Gasteiger partial charge >= 0.3 is 5.97 Å². The molecule has 8 heteroatoms. The first-order valence-electron chi connectivity index (χ1n) is 7.16. The minimum atomic E-state index is -0.494. The van der Waals surface area contributed by atoms with Crippen molar-refractivity contribution < 1.29 is 28.6 Å². The zero-order valence-corrected chi connectivity index (χ0v) is 13.5. The second kappa shape index (κ2) is 11.9. The normalized spacial score (nSPS) is 10.9. The van der Waals surface area contributed by atoms with Crippen molar-refractivity contribution >= 4 is 18.3 Å². The molecule has 128 valence electrons. The van der Waals surface area contributed by atoms with Crippen molar-refractivity contribution in [2.24, 2.45) is 0 Å². The highest BCUT2D eigenvalue weighted by Crippen LogP contribution is 2.07. The average Bonchev–Trinajstić information content (AvgIpc) is 2.40. The van der Waals surface area contributed by atoms with E-state index in [1.165, 1.54) is 0 Å². The van der Waals surface area contributed by atoms with E-state index in [0.29, 0.717) is 26.1 Å². The van der Waals surface area contributed by atoms with Crippen LogP contribution < -0.4 is 10.6 Å². The first-order valence-corrected chi connectivity index (χ1v) is 7.16. The molecule has 0 aliphatic carbocycles. The lowest BCUT2D eigenvalue weighted by atomic mass is 10.2. The molecule has 0 radical (unpaired) electrons. The number of hydrogen-bond acceptors (Lipinski definition) is 6. The minimum absolute atomic E-state index is 0.0710. The molecular formula is C14H26N2O6. The van der Waals surface area contributed by atoms with Gasteiger partial charge in [-0.3, -0.25) is 14.4 Å². The van der Waals surface area contributed by atoms with Crippen LogP contribution in [0.3, 0.4) is 0 Å². The van der Waals surface area contributed by atoms with E-state index >= 15 is 0 Å². The lowest BCUT2D eigenvalue weighted by Gasteiger charge is -2.19. The fourth-order valence-electron chi connectivity index (χ4n) is 1.32. The molecular weight excluding hydrogens is 292 g/mol. The summed E-state index contributed by atoms with van der Waals surface area (Å²) < 4.78 is 15.4. The summed E-state index contributed by atoms with van der Waals surface area (Å²) in [6, 6.07) is 0. The second-order valence-electron chi connectivity index (χ2n) is 5.42. The van der Waals surface area contributed by atoms with E-state index in [9.17, 15) is 14.4 Å². The Labute approximate surface area is 130 Å². The lowest BCUT2D eigenvalue weighted by Crippen LogP contribution is -2.32. The molecule has 0 aromatic carbocycles. The molecule has 0 aliphatic rings. The Kier molecular flexibility index (Phi) is 11.0. The molecule has 0 bridgehead atoms. The molecule has 0 rings (SSSR count). The van der Waals surface area contributed by atoms with Crippen molar-refractivity contribution in [3.8, 4) is 0 Å². The number of nitrogens with one attached hydrogen (secondary N) is 2. The Balaban J connectivity index is 3.40. The molecule has 0 unspecified atom stereocenters. The highest BCUT2D eigenvalue weighted by Gasteiger charge is 2.15. The molecule has 0 atom stereocenters. The van der Waals surface area contributed by atoms with Crippen molar-refractivity contribution in [1.82, 2.24) is 10.6 Å². The van der Waals surface area contributed by atoms with Gasteiger partial charge in [0.05, 0.1) is 26.2 Å². The summed E-state index contributed by atoms with van der Waals surface area (Å²) in [7, 11) is 0. The summed E-state index contributed by atoms with van der Waals surface area (Å²) in [6.07, 6.45) is 0.746. The van der Waals surface area contributed by atoms with Gasteiger partial charge in [-0.15, -0.1) is 0 Å². The van der Waals surface area contributed by atoms with E-state index in [1.54, 1.807) is 20.8 Å². The minimum Gasteiger partial charge on any atom is -0.460 e. The van der Waals surface area contributed by atoms with Crippen molar-refractivity contribution in [3.05, 3.63) is 0 Å². The number of esters is 1. The molecule has 2 amide bonds. The number of rotatable bonds is 12. The molecule has 22 heavy (non-hydrogen) atoms. The van der Waals surface area contributed by atoms with Gasteiger partial charge < -0.3 is 24.8 Å². The third kappa shape index (κ3) is 14.7. The first-order chi connectivity index (χ1) is 10.3. The van der Waals surface area contributed by atoms with Gasteiger partial charge in [0.15, 0.2) is 0 Å². The fourth-order valence-corrected chi connectivity index (χ4v) is 1.32. The van der Waals surface area contributed by atoms with E-state index in [-0.39, 0.29) is 38.1 Å². The maximum atomic E-state index is 11.4. The third-order valence-electron chi connectivity index (χ3n) is 2.15. The molecule has 0 fully saturated rings. The summed E-state index contributed by atoms with van der Waals surface area (Å²) >= 11 is 0. The van der Waals surface area contributed by atoms with Gasteiger partial charge in [0.25, 0.3) is 0 Å². The SMILES string of the molecule is CC(C)(C)OC(=O)CCOCCNC(=O)COCCNC=O. The smallest absolute Gasteiger partial charge is 0.308 e. The monoisotopic (exact) mass is 318 g/mol. The van der Waals surface area contributed by atoms with Gasteiger partial charge in [0, 0.05) is 13.1 Å². The van der Waals surface area contributed by atoms with Crippen LogP contribution in [0.5, 0.6) is 0 Å². The molecule has 8 nitrogen and oxygen atoms in total. The van der Waals surface area contributed by atoms with Crippen LogP contribution in [0.15, 0.2) is 0 Å². The Hall–Kier alpha value is -1.67. The highest BCUT2D eigenvalue weighted by molar-refractivity contribution is 5.77. The summed E-state index contributed by atoms with van der Waals surface area (Å²) in [5, 5.41) is 5.02. The van der Waals surface area contributed by atoms with Crippen LogP contribution in [0.25, 0.3) is 0 Å². The van der Waals surface area contributed by atoms with Crippen LogP contribution in [0.2, 0.25) is 0 Å². The largest absolute Gasteiger partial charge is 0.460 e. The third-order valence-corrected chi connectivity index (χ3v) is 2.15. The van der Waals surface area contributed by atoms with E-state index in [2.05, 4.69) is 10.6 Å². The molecule has 2 N–H and O–H groups in total. The molecule has 0 aromatic heterocycles. The average molecular weight is 318 g/mol. The van der Waals surface area contributed by atoms with Crippen molar-refractivity contribution in [2.45, 2.75) is 32.8 Å². The number of hydrogen-bond donors (Lipinski definition) is 2.